The molecule has 5 nitrogen and oxygen atoms in total. The van der Waals surface area contributed by atoms with Gasteiger partial charge < -0.3 is 4.74 Å². The molecular weight excluding hydrogens is 290 g/mol. The summed E-state index contributed by atoms with van der Waals surface area (Å²) in [4.78, 5) is 8.38. The van der Waals surface area contributed by atoms with E-state index in [-0.39, 0.29) is 5.75 Å². The van der Waals surface area contributed by atoms with Gasteiger partial charge in [0, 0.05) is 17.0 Å². The summed E-state index contributed by atoms with van der Waals surface area (Å²) >= 11 is 0. The van der Waals surface area contributed by atoms with E-state index in [1.54, 1.807) is 25.1 Å². The number of halogens is 2. The van der Waals surface area contributed by atoms with Crippen LogP contribution in [0.25, 0.3) is 0 Å². The number of ether oxygens (including phenoxy) is 1. The van der Waals surface area contributed by atoms with Crippen molar-refractivity contribution in [2.24, 2.45) is 5.10 Å². The standard InChI is InChI=1S/C15H16F2N4O/c1-9-8-10(2)19-15(18-9)21-20-11(3)12-6-4-5-7-13(12)22-14(16)17/h4-8,14H,1-3H3,(H,18,19,21). The largest absolute Gasteiger partial charge is 0.434 e. The molecule has 0 radical (unpaired) electrons. The lowest BCUT2D eigenvalue weighted by molar-refractivity contribution is -0.0499. The minimum Gasteiger partial charge on any atom is -0.434 e. The highest BCUT2D eigenvalue weighted by atomic mass is 19.3. The Morgan fingerprint density at radius 1 is 1.18 bits per heavy atom. The van der Waals surface area contributed by atoms with Gasteiger partial charge in [0.15, 0.2) is 0 Å². The summed E-state index contributed by atoms with van der Waals surface area (Å²) in [6.07, 6.45) is 0. The molecule has 0 amide bonds. The third-order valence-electron chi connectivity index (χ3n) is 2.80. The van der Waals surface area contributed by atoms with E-state index in [0.29, 0.717) is 17.2 Å². The zero-order valence-corrected chi connectivity index (χ0v) is 12.5. The summed E-state index contributed by atoms with van der Waals surface area (Å²) < 4.78 is 29.3. The van der Waals surface area contributed by atoms with E-state index in [1.165, 1.54) is 6.07 Å². The molecule has 0 atom stereocenters. The van der Waals surface area contributed by atoms with Gasteiger partial charge >= 0.3 is 6.61 Å². The Morgan fingerprint density at radius 2 is 1.82 bits per heavy atom. The minimum atomic E-state index is -2.88. The van der Waals surface area contributed by atoms with Gasteiger partial charge in [-0.2, -0.15) is 13.9 Å². The molecule has 22 heavy (non-hydrogen) atoms. The first-order valence-corrected chi connectivity index (χ1v) is 6.62. The van der Waals surface area contributed by atoms with Gasteiger partial charge in [-0.15, -0.1) is 0 Å². The molecule has 116 valence electrons. The van der Waals surface area contributed by atoms with Crippen LogP contribution in [0.15, 0.2) is 35.4 Å². The first-order chi connectivity index (χ1) is 10.5. The Morgan fingerprint density at radius 3 is 2.45 bits per heavy atom. The van der Waals surface area contributed by atoms with Crippen molar-refractivity contribution >= 4 is 11.7 Å². The SMILES string of the molecule is CC(=NNc1nc(C)cc(C)n1)c1ccccc1OC(F)F. The highest BCUT2D eigenvalue weighted by Gasteiger charge is 2.11. The van der Waals surface area contributed by atoms with Crippen LogP contribution in [0, 0.1) is 13.8 Å². The Kier molecular flexibility index (Phi) is 4.98. The number of hydrogen-bond donors (Lipinski definition) is 1. The average molecular weight is 306 g/mol. The van der Waals surface area contributed by atoms with Crippen LogP contribution < -0.4 is 10.2 Å². The zero-order chi connectivity index (χ0) is 16.1. The molecule has 2 aromatic rings. The lowest BCUT2D eigenvalue weighted by Gasteiger charge is -2.10. The first-order valence-electron chi connectivity index (χ1n) is 6.62. The molecule has 0 saturated heterocycles. The van der Waals surface area contributed by atoms with Crippen LogP contribution in [0.1, 0.15) is 23.9 Å². The Hall–Kier alpha value is -2.57. The summed E-state index contributed by atoms with van der Waals surface area (Å²) in [5, 5.41) is 4.13. The summed E-state index contributed by atoms with van der Waals surface area (Å²) in [5.41, 5.74) is 5.30. The van der Waals surface area contributed by atoms with Crippen molar-refractivity contribution in [3.05, 3.63) is 47.3 Å². The number of aromatic nitrogens is 2. The topological polar surface area (TPSA) is 59.4 Å². The molecule has 1 heterocycles. The molecule has 0 fully saturated rings. The number of alkyl halides is 2. The summed E-state index contributed by atoms with van der Waals surface area (Å²) in [6.45, 7) is 2.50. The van der Waals surface area contributed by atoms with Crippen LogP contribution in [-0.2, 0) is 0 Å². The van der Waals surface area contributed by atoms with Crippen LogP contribution in [-0.4, -0.2) is 22.3 Å². The molecule has 0 spiro atoms. The van der Waals surface area contributed by atoms with Gasteiger partial charge in [-0.05, 0) is 39.0 Å². The van der Waals surface area contributed by atoms with Crippen LogP contribution >= 0.6 is 0 Å². The second-order valence-electron chi connectivity index (χ2n) is 4.66. The molecule has 0 saturated carbocycles. The second kappa shape index (κ2) is 6.93. The van der Waals surface area contributed by atoms with E-state index < -0.39 is 6.61 Å². The number of para-hydroxylation sites is 1. The molecule has 0 aliphatic rings. The minimum absolute atomic E-state index is 0.0712. The molecule has 0 aliphatic carbocycles. The van der Waals surface area contributed by atoms with Crippen LogP contribution in [0.5, 0.6) is 5.75 Å². The number of hydrogen-bond acceptors (Lipinski definition) is 5. The monoisotopic (exact) mass is 306 g/mol. The lowest BCUT2D eigenvalue weighted by atomic mass is 10.1. The number of benzene rings is 1. The molecule has 0 aliphatic heterocycles. The van der Waals surface area contributed by atoms with Crippen molar-refractivity contribution in [2.75, 3.05) is 5.43 Å². The van der Waals surface area contributed by atoms with Crippen molar-refractivity contribution < 1.29 is 13.5 Å². The fourth-order valence-corrected chi connectivity index (χ4v) is 1.93. The predicted molar refractivity (Wildman–Crippen MR) is 80.4 cm³/mol. The highest BCUT2D eigenvalue weighted by Crippen LogP contribution is 2.21. The van der Waals surface area contributed by atoms with E-state index in [9.17, 15) is 8.78 Å². The predicted octanol–water partition coefficient (Wildman–Crippen LogP) is 3.53. The first kappa shape index (κ1) is 15.8. The van der Waals surface area contributed by atoms with Gasteiger partial charge in [0.05, 0.1) is 5.71 Å². The van der Waals surface area contributed by atoms with Gasteiger partial charge in [0.1, 0.15) is 5.75 Å². The summed E-state index contributed by atoms with van der Waals surface area (Å²) in [7, 11) is 0. The Balaban J connectivity index is 2.22. The summed E-state index contributed by atoms with van der Waals surface area (Å²) in [5.74, 6) is 0.422. The van der Waals surface area contributed by atoms with Gasteiger partial charge in [0.2, 0.25) is 5.95 Å². The number of rotatable bonds is 5. The average Bonchev–Trinajstić information content (AvgIpc) is 2.44. The zero-order valence-electron chi connectivity index (χ0n) is 12.5. The maximum absolute atomic E-state index is 12.4. The van der Waals surface area contributed by atoms with Crippen molar-refractivity contribution in [2.45, 2.75) is 27.4 Å². The molecule has 0 unspecified atom stereocenters. The van der Waals surface area contributed by atoms with Crippen molar-refractivity contribution in [1.82, 2.24) is 9.97 Å². The van der Waals surface area contributed by atoms with Crippen molar-refractivity contribution in [3.8, 4) is 5.75 Å². The van der Waals surface area contributed by atoms with E-state index in [2.05, 4.69) is 25.2 Å². The maximum atomic E-state index is 12.4. The molecule has 1 aromatic carbocycles. The summed E-state index contributed by atoms with van der Waals surface area (Å²) in [6, 6.07) is 8.30. The van der Waals surface area contributed by atoms with Gasteiger partial charge in [-0.1, -0.05) is 12.1 Å². The fourth-order valence-electron chi connectivity index (χ4n) is 1.93. The molecule has 1 N–H and O–H groups in total. The molecule has 2 rings (SSSR count). The van der Waals surface area contributed by atoms with Crippen LogP contribution in [0.3, 0.4) is 0 Å². The fraction of sp³-hybridized carbons (Fsp3) is 0.267. The normalized spacial score (nSPS) is 11.6. The van der Waals surface area contributed by atoms with Gasteiger partial charge in [-0.3, -0.25) is 0 Å². The Bertz CT molecular complexity index is 669. The van der Waals surface area contributed by atoms with E-state index in [4.69, 9.17) is 0 Å². The van der Waals surface area contributed by atoms with Crippen LogP contribution in [0.2, 0.25) is 0 Å². The molecule has 7 heteroatoms. The number of anilines is 1. The third kappa shape index (κ3) is 4.21. The van der Waals surface area contributed by atoms with Crippen molar-refractivity contribution in [1.29, 1.82) is 0 Å². The Labute approximate surface area is 127 Å². The quantitative estimate of drug-likeness (QED) is 0.678. The van der Waals surface area contributed by atoms with E-state index >= 15 is 0 Å². The molecular formula is C15H16F2N4O. The van der Waals surface area contributed by atoms with E-state index in [1.807, 2.05) is 19.9 Å². The van der Waals surface area contributed by atoms with Gasteiger partial charge in [0.25, 0.3) is 0 Å². The third-order valence-corrected chi connectivity index (χ3v) is 2.80. The van der Waals surface area contributed by atoms with Crippen molar-refractivity contribution in [3.63, 3.8) is 0 Å². The number of aryl methyl sites for hydroxylation is 2. The number of nitrogens with zero attached hydrogens (tertiary/aromatic N) is 3. The smallest absolute Gasteiger partial charge is 0.387 e. The van der Waals surface area contributed by atoms with Gasteiger partial charge in [-0.25, -0.2) is 15.4 Å². The van der Waals surface area contributed by atoms with Crippen LogP contribution in [0.4, 0.5) is 14.7 Å². The second-order valence-corrected chi connectivity index (χ2v) is 4.66. The van der Waals surface area contributed by atoms with E-state index in [0.717, 1.165) is 11.4 Å². The molecule has 1 aromatic heterocycles. The maximum Gasteiger partial charge on any atom is 0.387 e. The highest BCUT2D eigenvalue weighted by molar-refractivity contribution is 6.01. The lowest BCUT2D eigenvalue weighted by Crippen LogP contribution is -2.08. The molecule has 0 bridgehead atoms. The number of hydrazone groups is 1. The number of nitrogens with one attached hydrogen (secondary N) is 1.